The van der Waals surface area contributed by atoms with Crippen molar-refractivity contribution in [2.24, 2.45) is 0 Å². The third kappa shape index (κ3) is 8.46. The molecule has 0 heterocycles. The van der Waals surface area contributed by atoms with Crippen molar-refractivity contribution in [3.05, 3.63) is 82.8 Å². The quantitative estimate of drug-likeness (QED) is 0.265. The number of amides is 2. The Morgan fingerprint density at radius 1 is 0.927 bits per heavy atom. The maximum atomic E-state index is 14.0. The Bertz CT molecular complexity index is 1400. The van der Waals surface area contributed by atoms with E-state index in [2.05, 4.69) is 21.2 Å². The summed E-state index contributed by atoms with van der Waals surface area (Å²) in [5, 5.41) is 2.83. The van der Waals surface area contributed by atoms with Gasteiger partial charge in [-0.1, -0.05) is 35.0 Å². The van der Waals surface area contributed by atoms with E-state index in [0.717, 1.165) is 20.8 Å². The minimum Gasteiger partial charge on any atom is -0.497 e. The molecule has 2 amide bonds. The van der Waals surface area contributed by atoms with Gasteiger partial charge in [0, 0.05) is 17.6 Å². The average molecular weight is 647 g/mol. The second kappa shape index (κ2) is 14.9. The van der Waals surface area contributed by atoms with Crippen LogP contribution < -0.4 is 19.1 Å². The van der Waals surface area contributed by atoms with Crippen LogP contribution in [0.5, 0.6) is 11.5 Å². The molecular formula is C30H36BrN3O6S. The molecule has 1 N–H and O–H groups in total. The molecule has 0 aromatic heterocycles. The van der Waals surface area contributed by atoms with Gasteiger partial charge in [0.2, 0.25) is 11.8 Å². The maximum Gasteiger partial charge on any atom is 0.264 e. The van der Waals surface area contributed by atoms with E-state index in [1.807, 2.05) is 13.8 Å². The average Bonchev–Trinajstić information content (AvgIpc) is 2.98. The Morgan fingerprint density at radius 2 is 1.54 bits per heavy atom. The molecule has 11 heteroatoms. The number of rotatable bonds is 14. The molecule has 0 saturated heterocycles. The number of halogens is 1. The van der Waals surface area contributed by atoms with Crippen LogP contribution in [-0.2, 0) is 26.2 Å². The lowest BCUT2D eigenvalue weighted by Gasteiger charge is -2.32. The Hall–Kier alpha value is -3.57. The fraction of sp³-hybridized carbons (Fsp3) is 0.333. The van der Waals surface area contributed by atoms with Crippen LogP contribution in [-0.4, -0.2) is 58.0 Å². The smallest absolute Gasteiger partial charge is 0.264 e. The fourth-order valence-electron chi connectivity index (χ4n) is 4.04. The molecule has 3 aromatic carbocycles. The SMILES string of the molecule is CCCNC(=O)C(C)N(Cc1ccc(OC)cc1)C(=O)CN(c1ccc(OCC)cc1)S(=O)(=O)c1ccc(Br)cc1. The third-order valence-corrected chi connectivity index (χ3v) is 8.66. The number of ether oxygens (including phenoxy) is 2. The number of nitrogens with one attached hydrogen (secondary N) is 1. The van der Waals surface area contributed by atoms with E-state index in [9.17, 15) is 18.0 Å². The van der Waals surface area contributed by atoms with E-state index < -0.39 is 28.5 Å². The summed E-state index contributed by atoms with van der Waals surface area (Å²) >= 11 is 3.34. The van der Waals surface area contributed by atoms with E-state index >= 15 is 0 Å². The van der Waals surface area contributed by atoms with Crippen LogP contribution in [0.25, 0.3) is 0 Å². The first-order valence-corrected chi connectivity index (χ1v) is 15.5. The highest BCUT2D eigenvalue weighted by Crippen LogP contribution is 2.27. The molecule has 220 valence electrons. The van der Waals surface area contributed by atoms with Gasteiger partial charge >= 0.3 is 0 Å². The van der Waals surface area contributed by atoms with Crippen LogP contribution in [0, 0.1) is 0 Å². The van der Waals surface area contributed by atoms with Gasteiger partial charge in [-0.15, -0.1) is 0 Å². The fourth-order valence-corrected chi connectivity index (χ4v) is 5.72. The molecular weight excluding hydrogens is 610 g/mol. The number of benzene rings is 3. The highest BCUT2D eigenvalue weighted by molar-refractivity contribution is 9.10. The number of hydrogen-bond acceptors (Lipinski definition) is 6. The molecule has 9 nitrogen and oxygen atoms in total. The molecule has 0 bridgehead atoms. The number of anilines is 1. The van der Waals surface area contributed by atoms with Gasteiger partial charge in [-0.3, -0.25) is 13.9 Å². The van der Waals surface area contributed by atoms with Crippen LogP contribution in [0.15, 0.2) is 82.2 Å². The van der Waals surface area contributed by atoms with Gasteiger partial charge in [-0.2, -0.15) is 0 Å². The van der Waals surface area contributed by atoms with E-state index in [1.54, 1.807) is 74.7 Å². The van der Waals surface area contributed by atoms with Crippen molar-refractivity contribution in [2.75, 3.05) is 31.1 Å². The van der Waals surface area contributed by atoms with E-state index in [0.29, 0.717) is 24.7 Å². The third-order valence-electron chi connectivity index (χ3n) is 6.34. The maximum absolute atomic E-state index is 14.0. The van der Waals surface area contributed by atoms with E-state index in [-0.39, 0.29) is 23.0 Å². The van der Waals surface area contributed by atoms with Crippen molar-refractivity contribution in [3.8, 4) is 11.5 Å². The second-order valence-corrected chi connectivity index (χ2v) is 12.0. The predicted molar refractivity (Wildman–Crippen MR) is 163 cm³/mol. The van der Waals surface area contributed by atoms with Gasteiger partial charge in [0.1, 0.15) is 24.1 Å². The lowest BCUT2D eigenvalue weighted by Crippen LogP contribution is -2.51. The first-order valence-electron chi connectivity index (χ1n) is 13.3. The topological polar surface area (TPSA) is 105 Å². The minimum absolute atomic E-state index is 0.0258. The summed E-state index contributed by atoms with van der Waals surface area (Å²) in [7, 11) is -2.60. The Kier molecular flexibility index (Phi) is 11.6. The number of carbonyl (C=O) groups excluding carboxylic acids is 2. The predicted octanol–water partition coefficient (Wildman–Crippen LogP) is 5.00. The molecule has 0 aliphatic heterocycles. The van der Waals surface area contributed by atoms with E-state index in [1.165, 1.54) is 17.0 Å². The highest BCUT2D eigenvalue weighted by atomic mass is 79.9. The number of carbonyl (C=O) groups is 2. The van der Waals surface area contributed by atoms with Crippen LogP contribution in [0.3, 0.4) is 0 Å². The number of sulfonamides is 1. The summed E-state index contributed by atoms with van der Waals surface area (Å²) in [5.41, 5.74) is 1.05. The van der Waals surface area contributed by atoms with Crippen molar-refractivity contribution < 1.29 is 27.5 Å². The van der Waals surface area contributed by atoms with Crippen molar-refractivity contribution in [1.29, 1.82) is 0 Å². The monoisotopic (exact) mass is 645 g/mol. The van der Waals surface area contributed by atoms with Crippen LogP contribution in [0.1, 0.15) is 32.8 Å². The largest absolute Gasteiger partial charge is 0.497 e. The van der Waals surface area contributed by atoms with Crippen LogP contribution in [0.4, 0.5) is 5.69 Å². The van der Waals surface area contributed by atoms with Gasteiger partial charge in [0.25, 0.3) is 10.0 Å². The lowest BCUT2D eigenvalue weighted by atomic mass is 10.1. The number of nitrogens with zero attached hydrogens (tertiary/aromatic N) is 2. The molecule has 0 aliphatic carbocycles. The summed E-state index contributed by atoms with van der Waals surface area (Å²) in [5.74, 6) is 0.375. The minimum atomic E-state index is -4.16. The summed E-state index contributed by atoms with van der Waals surface area (Å²) in [6, 6.07) is 19.0. The van der Waals surface area contributed by atoms with Gasteiger partial charge < -0.3 is 19.7 Å². The molecule has 0 spiro atoms. The highest BCUT2D eigenvalue weighted by Gasteiger charge is 2.32. The van der Waals surface area contributed by atoms with Gasteiger partial charge in [-0.05, 0) is 86.5 Å². The first-order chi connectivity index (χ1) is 19.6. The standard InChI is InChI=1S/C30H36BrN3O6S/c1-5-19-32-30(36)22(3)33(20-23-7-13-26(39-4)14-8-23)29(35)21-34(25-11-15-27(16-12-25)40-6-2)41(37,38)28-17-9-24(31)10-18-28/h7-18,22H,5-6,19-21H2,1-4H3,(H,32,36). The molecule has 41 heavy (non-hydrogen) atoms. The first kappa shape index (κ1) is 32.0. The molecule has 0 aliphatic rings. The summed E-state index contributed by atoms with van der Waals surface area (Å²) in [4.78, 5) is 28.3. The molecule has 0 radical (unpaired) electrons. The molecule has 0 fully saturated rings. The molecule has 3 aromatic rings. The lowest BCUT2D eigenvalue weighted by molar-refractivity contribution is -0.139. The Balaban J connectivity index is 2.01. The zero-order valence-electron chi connectivity index (χ0n) is 23.7. The Morgan fingerprint density at radius 3 is 2.10 bits per heavy atom. The van der Waals surface area contributed by atoms with Crippen LogP contribution in [0.2, 0.25) is 0 Å². The molecule has 3 rings (SSSR count). The van der Waals surface area contributed by atoms with Crippen LogP contribution >= 0.6 is 15.9 Å². The second-order valence-electron chi connectivity index (χ2n) is 9.23. The normalized spacial score (nSPS) is 11.8. The number of methoxy groups -OCH3 is 1. The zero-order chi connectivity index (χ0) is 30.0. The van der Waals surface area contributed by atoms with Gasteiger partial charge in [0.05, 0.1) is 24.3 Å². The summed E-state index contributed by atoms with van der Waals surface area (Å²) in [6.45, 7) is 5.92. The zero-order valence-corrected chi connectivity index (χ0v) is 26.1. The van der Waals surface area contributed by atoms with Crippen molar-refractivity contribution in [2.45, 2.75) is 44.7 Å². The van der Waals surface area contributed by atoms with Crippen molar-refractivity contribution in [1.82, 2.24) is 10.2 Å². The van der Waals surface area contributed by atoms with Gasteiger partial charge in [0.15, 0.2) is 0 Å². The molecule has 1 unspecified atom stereocenters. The summed E-state index contributed by atoms with van der Waals surface area (Å²) < 4.78 is 40.3. The number of hydrogen-bond donors (Lipinski definition) is 1. The summed E-state index contributed by atoms with van der Waals surface area (Å²) in [6.07, 6.45) is 0.738. The Labute approximate surface area is 250 Å². The van der Waals surface area contributed by atoms with Gasteiger partial charge in [-0.25, -0.2) is 8.42 Å². The molecule has 0 saturated carbocycles. The molecule has 1 atom stereocenters. The van der Waals surface area contributed by atoms with Crippen molar-refractivity contribution >= 4 is 43.5 Å². The van der Waals surface area contributed by atoms with Crippen molar-refractivity contribution in [3.63, 3.8) is 0 Å². The van der Waals surface area contributed by atoms with E-state index in [4.69, 9.17) is 9.47 Å².